The van der Waals surface area contributed by atoms with Gasteiger partial charge in [0.2, 0.25) is 5.91 Å². The van der Waals surface area contributed by atoms with Gasteiger partial charge in [-0.25, -0.2) is 0 Å². The number of carbonyl (C=O) groups is 1. The molecule has 1 heterocycles. The van der Waals surface area contributed by atoms with E-state index in [1.54, 1.807) is 7.05 Å². The molecule has 1 aromatic carbocycles. The lowest BCUT2D eigenvalue weighted by atomic mass is 10.1. The van der Waals surface area contributed by atoms with Crippen molar-refractivity contribution in [1.29, 1.82) is 0 Å². The Hall–Kier alpha value is -2.24. The fourth-order valence-corrected chi connectivity index (χ4v) is 2.81. The molecule has 1 aromatic rings. The van der Waals surface area contributed by atoms with Gasteiger partial charge in [-0.15, -0.1) is 0 Å². The first-order valence-corrected chi connectivity index (χ1v) is 8.98. The predicted molar refractivity (Wildman–Crippen MR) is 101 cm³/mol. The maximum atomic E-state index is 12.1. The van der Waals surface area contributed by atoms with Crippen LogP contribution in [0.4, 0.5) is 0 Å². The van der Waals surface area contributed by atoms with E-state index >= 15 is 0 Å². The molecular formula is C19H30N4O2. The molecule has 2 rings (SSSR count). The lowest BCUT2D eigenvalue weighted by Crippen LogP contribution is -2.43. The molecule has 1 amide bonds. The highest BCUT2D eigenvalue weighted by molar-refractivity contribution is 5.86. The summed E-state index contributed by atoms with van der Waals surface area (Å²) in [5.41, 5.74) is 2.23. The van der Waals surface area contributed by atoms with Gasteiger partial charge in [0, 0.05) is 32.2 Å². The van der Waals surface area contributed by atoms with Crippen molar-refractivity contribution in [3.8, 4) is 5.75 Å². The minimum Gasteiger partial charge on any atom is -0.491 e. The second-order valence-corrected chi connectivity index (χ2v) is 6.64. The van der Waals surface area contributed by atoms with E-state index in [-0.39, 0.29) is 18.6 Å². The van der Waals surface area contributed by atoms with Crippen molar-refractivity contribution < 1.29 is 9.53 Å². The zero-order chi connectivity index (χ0) is 18.2. The summed E-state index contributed by atoms with van der Waals surface area (Å²) in [5.74, 6) is 1.62. The van der Waals surface area contributed by atoms with E-state index in [0.717, 1.165) is 42.8 Å². The third-order valence-electron chi connectivity index (χ3n) is 4.12. The second-order valence-electron chi connectivity index (χ2n) is 6.64. The molecule has 1 aliphatic rings. The van der Waals surface area contributed by atoms with Crippen LogP contribution in [0.25, 0.3) is 0 Å². The lowest BCUT2D eigenvalue weighted by Gasteiger charge is -2.18. The van der Waals surface area contributed by atoms with E-state index in [1.165, 1.54) is 0 Å². The number of hydrogen-bond donors (Lipinski definition) is 2. The summed E-state index contributed by atoms with van der Waals surface area (Å²) in [6.07, 6.45) is 2.33. The van der Waals surface area contributed by atoms with Gasteiger partial charge in [-0.2, -0.15) is 0 Å². The smallest absolute Gasteiger partial charge is 0.241 e. The molecule has 0 radical (unpaired) electrons. The van der Waals surface area contributed by atoms with Crippen molar-refractivity contribution in [3.63, 3.8) is 0 Å². The molecule has 0 bridgehead atoms. The molecule has 1 saturated heterocycles. The Morgan fingerprint density at radius 1 is 1.28 bits per heavy atom. The maximum absolute atomic E-state index is 12.1. The minimum atomic E-state index is 0.121. The molecule has 1 fully saturated rings. The largest absolute Gasteiger partial charge is 0.491 e. The SMILES string of the molecule is CN=C(NCC(=O)N1CCCC1)NCc1ccc(C)cc1OC(C)C. The monoisotopic (exact) mass is 346 g/mol. The van der Waals surface area contributed by atoms with Crippen molar-refractivity contribution in [2.75, 3.05) is 26.7 Å². The quantitative estimate of drug-likeness (QED) is 0.611. The number of likely N-dealkylation sites (tertiary alicyclic amines) is 1. The maximum Gasteiger partial charge on any atom is 0.241 e. The molecule has 25 heavy (non-hydrogen) atoms. The van der Waals surface area contributed by atoms with Crippen LogP contribution in [0.3, 0.4) is 0 Å². The summed E-state index contributed by atoms with van der Waals surface area (Å²) in [4.78, 5) is 18.2. The lowest BCUT2D eigenvalue weighted by molar-refractivity contribution is -0.128. The zero-order valence-corrected chi connectivity index (χ0v) is 15.8. The summed E-state index contributed by atoms with van der Waals surface area (Å²) >= 11 is 0. The normalized spacial score (nSPS) is 14.8. The molecule has 0 atom stereocenters. The number of aryl methyl sites for hydroxylation is 1. The number of nitrogens with one attached hydrogen (secondary N) is 2. The van der Waals surface area contributed by atoms with Gasteiger partial charge >= 0.3 is 0 Å². The minimum absolute atomic E-state index is 0.121. The summed E-state index contributed by atoms with van der Waals surface area (Å²) in [6.45, 7) is 8.67. The van der Waals surface area contributed by atoms with E-state index in [0.29, 0.717) is 12.5 Å². The van der Waals surface area contributed by atoms with Crippen LogP contribution in [0.2, 0.25) is 0 Å². The number of guanidine groups is 1. The molecule has 0 saturated carbocycles. The van der Waals surface area contributed by atoms with E-state index < -0.39 is 0 Å². The van der Waals surface area contributed by atoms with Gasteiger partial charge < -0.3 is 20.3 Å². The van der Waals surface area contributed by atoms with Gasteiger partial charge in [0.25, 0.3) is 0 Å². The van der Waals surface area contributed by atoms with Crippen LogP contribution < -0.4 is 15.4 Å². The van der Waals surface area contributed by atoms with Crippen molar-refractivity contribution >= 4 is 11.9 Å². The highest BCUT2D eigenvalue weighted by Crippen LogP contribution is 2.21. The number of benzene rings is 1. The van der Waals surface area contributed by atoms with E-state index in [2.05, 4.69) is 34.7 Å². The molecule has 2 N–H and O–H groups in total. The van der Waals surface area contributed by atoms with Gasteiger partial charge in [-0.1, -0.05) is 12.1 Å². The molecule has 0 unspecified atom stereocenters. The molecule has 0 spiro atoms. The highest BCUT2D eigenvalue weighted by Gasteiger charge is 2.17. The van der Waals surface area contributed by atoms with Crippen molar-refractivity contribution in [2.45, 2.75) is 46.3 Å². The fraction of sp³-hybridized carbons (Fsp3) is 0.579. The Balaban J connectivity index is 1.89. The van der Waals surface area contributed by atoms with Crippen molar-refractivity contribution in [2.24, 2.45) is 4.99 Å². The number of rotatable bonds is 6. The number of hydrogen-bond acceptors (Lipinski definition) is 3. The first kappa shape index (κ1) is 19.1. The topological polar surface area (TPSA) is 66.0 Å². The third kappa shape index (κ3) is 5.96. The number of carbonyl (C=O) groups excluding carboxylic acids is 1. The van der Waals surface area contributed by atoms with E-state index in [4.69, 9.17) is 4.74 Å². The average Bonchev–Trinajstić information content (AvgIpc) is 3.10. The summed E-state index contributed by atoms with van der Waals surface area (Å²) < 4.78 is 5.90. The second kappa shape index (κ2) is 9.30. The molecular weight excluding hydrogens is 316 g/mol. The summed E-state index contributed by atoms with van der Waals surface area (Å²) in [6, 6.07) is 6.17. The fourth-order valence-electron chi connectivity index (χ4n) is 2.81. The molecule has 138 valence electrons. The average molecular weight is 346 g/mol. The Kier molecular flexibility index (Phi) is 7.10. The van der Waals surface area contributed by atoms with Gasteiger partial charge in [0.1, 0.15) is 5.75 Å². The molecule has 6 heteroatoms. The van der Waals surface area contributed by atoms with E-state index in [1.807, 2.05) is 24.8 Å². The molecule has 0 aromatic heterocycles. The van der Waals surface area contributed by atoms with Crippen LogP contribution >= 0.6 is 0 Å². The molecule has 1 aliphatic heterocycles. The number of aliphatic imine (C=N–C) groups is 1. The highest BCUT2D eigenvalue weighted by atomic mass is 16.5. The summed E-state index contributed by atoms with van der Waals surface area (Å²) in [7, 11) is 1.70. The first-order valence-electron chi connectivity index (χ1n) is 8.98. The van der Waals surface area contributed by atoms with Gasteiger partial charge in [-0.3, -0.25) is 9.79 Å². The van der Waals surface area contributed by atoms with Crippen LogP contribution in [-0.2, 0) is 11.3 Å². The summed E-state index contributed by atoms with van der Waals surface area (Å²) in [5, 5.41) is 6.35. The van der Waals surface area contributed by atoms with Crippen molar-refractivity contribution in [3.05, 3.63) is 29.3 Å². The van der Waals surface area contributed by atoms with Crippen LogP contribution in [-0.4, -0.2) is 49.6 Å². The molecule has 0 aliphatic carbocycles. The van der Waals surface area contributed by atoms with Crippen LogP contribution in [0.5, 0.6) is 5.75 Å². The van der Waals surface area contributed by atoms with E-state index in [9.17, 15) is 4.79 Å². The van der Waals surface area contributed by atoms with Gasteiger partial charge in [-0.05, 0) is 45.2 Å². The number of ether oxygens (including phenoxy) is 1. The Labute approximate surface area is 150 Å². The first-order chi connectivity index (χ1) is 12.0. The Bertz CT molecular complexity index is 607. The van der Waals surface area contributed by atoms with Crippen LogP contribution in [0.15, 0.2) is 23.2 Å². The standard InChI is InChI=1S/C19H30N4O2/c1-14(2)25-17-11-15(3)7-8-16(17)12-21-19(20-4)22-13-18(24)23-9-5-6-10-23/h7-8,11,14H,5-6,9-10,12-13H2,1-4H3,(H2,20,21,22). The van der Waals surface area contributed by atoms with Gasteiger partial charge in [0.15, 0.2) is 5.96 Å². The number of nitrogens with zero attached hydrogens (tertiary/aromatic N) is 2. The number of amides is 1. The zero-order valence-electron chi connectivity index (χ0n) is 15.8. The predicted octanol–water partition coefficient (Wildman–Crippen LogP) is 2.07. The van der Waals surface area contributed by atoms with Crippen LogP contribution in [0, 0.1) is 6.92 Å². The Morgan fingerprint density at radius 2 is 2.00 bits per heavy atom. The van der Waals surface area contributed by atoms with Gasteiger partial charge in [0.05, 0.1) is 12.6 Å². The third-order valence-corrected chi connectivity index (χ3v) is 4.12. The van der Waals surface area contributed by atoms with Crippen molar-refractivity contribution in [1.82, 2.24) is 15.5 Å². The Morgan fingerprint density at radius 3 is 2.64 bits per heavy atom. The van der Waals surface area contributed by atoms with Crippen LogP contribution in [0.1, 0.15) is 37.8 Å². The molecule has 6 nitrogen and oxygen atoms in total.